The Hall–Kier alpha value is -2.67. The molecule has 0 bridgehead atoms. The van der Waals surface area contributed by atoms with E-state index < -0.39 is 0 Å². The zero-order valence-corrected chi connectivity index (χ0v) is 13.4. The Morgan fingerprint density at radius 2 is 2.00 bits per heavy atom. The van der Waals surface area contributed by atoms with Gasteiger partial charge in [0.1, 0.15) is 0 Å². The molecule has 0 spiro atoms. The van der Waals surface area contributed by atoms with Crippen molar-refractivity contribution in [1.82, 2.24) is 26.1 Å². The third kappa shape index (κ3) is 3.99. The average Bonchev–Trinajstić information content (AvgIpc) is 3.05. The molecule has 1 aliphatic rings. The van der Waals surface area contributed by atoms with E-state index in [1.54, 1.807) is 0 Å². The number of fused-ring (bicyclic) bond motifs is 1. The average molecular weight is 327 g/mol. The highest BCUT2D eigenvalue weighted by Gasteiger charge is 2.21. The van der Waals surface area contributed by atoms with E-state index in [9.17, 15) is 9.59 Å². The highest BCUT2D eigenvalue weighted by Crippen LogP contribution is 2.14. The van der Waals surface area contributed by atoms with Crippen LogP contribution in [0.4, 0.5) is 0 Å². The fraction of sp³-hybridized carbons (Fsp3) is 0.353. The second kappa shape index (κ2) is 7.74. The van der Waals surface area contributed by atoms with Crippen molar-refractivity contribution in [3.63, 3.8) is 0 Å². The van der Waals surface area contributed by atoms with E-state index in [2.05, 4.69) is 26.1 Å². The first-order chi connectivity index (χ1) is 11.7. The summed E-state index contributed by atoms with van der Waals surface area (Å²) in [6.07, 6.45) is 1.59. The normalized spacial score (nSPS) is 13.2. The fourth-order valence-electron chi connectivity index (χ4n) is 2.71. The van der Waals surface area contributed by atoms with E-state index in [1.165, 1.54) is 0 Å². The van der Waals surface area contributed by atoms with Crippen LogP contribution in [0.1, 0.15) is 27.3 Å². The van der Waals surface area contributed by atoms with Crippen molar-refractivity contribution in [2.75, 3.05) is 19.6 Å². The fourth-order valence-corrected chi connectivity index (χ4v) is 2.71. The number of hydrogen-bond donors (Lipinski definition) is 4. The Bertz CT molecular complexity index is 711. The zero-order valence-electron chi connectivity index (χ0n) is 13.4. The molecule has 0 saturated carbocycles. The monoisotopic (exact) mass is 327 g/mol. The molecule has 2 amide bonds. The summed E-state index contributed by atoms with van der Waals surface area (Å²) in [6, 6.07) is 9.93. The van der Waals surface area contributed by atoms with Gasteiger partial charge in [-0.25, -0.2) is 0 Å². The minimum Gasteiger partial charge on any atom is -0.354 e. The van der Waals surface area contributed by atoms with Crippen LogP contribution in [0.3, 0.4) is 0 Å². The maximum Gasteiger partial charge on any atom is 0.272 e. The topological polar surface area (TPSA) is 98.9 Å². The number of nitrogens with zero attached hydrogens (tertiary/aromatic N) is 1. The molecule has 1 aromatic heterocycles. The minimum atomic E-state index is -0.325. The van der Waals surface area contributed by atoms with Crippen LogP contribution in [-0.2, 0) is 24.2 Å². The van der Waals surface area contributed by atoms with Crippen LogP contribution in [0, 0.1) is 0 Å². The molecule has 0 saturated heterocycles. The summed E-state index contributed by atoms with van der Waals surface area (Å²) in [6.45, 7) is 1.99. The van der Waals surface area contributed by atoms with E-state index in [-0.39, 0.29) is 18.4 Å². The third-order valence-corrected chi connectivity index (χ3v) is 4.01. The SMILES string of the molecule is O=C(CNC(=O)c1n[nH]c2c1CNCC2)NCCc1ccccc1. The van der Waals surface area contributed by atoms with Crippen LogP contribution >= 0.6 is 0 Å². The smallest absolute Gasteiger partial charge is 0.272 e. The first-order valence-corrected chi connectivity index (χ1v) is 8.09. The van der Waals surface area contributed by atoms with Gasteiger partial charge < -0.3 is 16.0 Å². The van der Waals surface area contributed by atoms with Crippen molar-refractivity contribution in [3.8, 4) is 0 Å². The molecule has 0 atom stereocenters. The molecule has 2 aromatic rings. The highest BCUT2D eigenvalue weighted by atomic mass is 16.2. The number of rotatable bonds is 6. The van der Waals surface area contributed by atoms with Crippen LogP contribution < -0.4 is 16.0 Å². The minimum absolute atomic E-state index is 0.0529. The maximum absolute atomic E-state index is 12.2. The maximum atomic E-state index is 12.2. The number of benzene rings is 1. The van der Waals surface area contributed by atoms with Gasteiger partial charge in [0.15, 0.2) is 5.69 Å². The summed E-state index contributed by atoms with van der Waals surface area (Å²) in [5, 5.41) is 15.6. The van der Waals surface area contributed by atoms with Crippen molar-refractivity contribution >= 4 is 11.8 Å². The number of carbonyl (C=O) groups is 2. The van der Waals surface area contributed by atoms with Gasteiger partial charge in [-0.15, -0.1) is 0 Å². The van der Waals surface area contributed by atoms with Crippen molar-refractivity contribution in [2.24, 2.45) is 0 Å². The molecule has 4 N–H and O–H groups in total. The van der Waals surface area contributed by atoms with Gasteiger partial charge in [-0.1, -0.05) is 30.3 Å². The summed E-state index contributed by atoms with van der Waals surface area (Å²) >= 11 is 0. The van der Waals surface area contributed by atoms with Crippen LogP contribution in [-0.4, -0.2) is 41.6 Å². The van der Waals surface area contributed by atoms with E-state index in [0.29, 0.717) is 18.8 Å². The number of nitrogens with one attached hydrogen (secondary N) is 4. The molecule has 7 nitrogen and oxygen atoms in total. The number of amides is 2. The van der Waals surface area contributed by atoms with Crippen LogP contribution in [0.15, 0.2) is 30.3 Å². The van der Waals surface area contributed by atoms with Gasteiger partial charge in [0.05, 0.1) is 6.54 Å². The molecule has 0 radical (unpaired) electrons. The van der Waals surface area contributed by atoms with Crippen molar-refractivity contribution < 1.29 is 9.59 Å². The molecular formula is C17H21N5O2. The predicted octanol–water partition coefficient (Wildman–Crippen LogP) is 0.144. The molecule has 1 aliphatic heterocycles. The van der Waals surface area contributed by atoms with Gasteiger partial charge in [-0.2, -0.15) is 5.10 Å². The number of hydrogen-bond acceptors (Lipinski definition) is 4. The lowest BCUT2D eigenvalue weighted by Crippen LogP contribution is -2.38. The Labute approximate surface area is 140 Å². The first-order valence-electron chi connectivity index (χ1n) is 8.09. The number of aromatic amines is 1. The van der Waals surface area contributed by atoms with Gasteiger partial charge in [-0.05, 0) is 12.0 Å². The third-order valence-electron chi connectivity index (χ3n) is 4.01. The molecule has 24 heavy (non-hydrogen) atoms. The molecule has 0 fully saturated rings. The summed E-state index contributed by atoms with van der Waals surface area (Å²) < 4.78 is 0. The molecule has 7 heteroatoms. The Balaban J connectivity index is 1.43. The van der Waals surface area contributed by atoms with Crippen molar-refractivity contribution in [1.29, 1.82) is 0 Å². The zero-order chi connectivity index (χ0) is 16.8. The molecule has 0 unspecified atom stereocenters. The van der Waals surface area contributed by atoms with E-state index in [0.717, 1.165) is 36.2 Å². The Morgan fingerprint density at radius 3 is 2.83 bits per heavy atom. The molecule has 3 rings (SSSR count). The van der Waals surface area contributed by atoms with Crippen molar-refractivity contribution in [3.05, 3.63) is 52.8 Å². The van der Waals surface area contributed by atoms with E-state index in [4.69, 9.17) is 0 Å². The molecule has 2 heterocycles. The Morgan fingerprint density at radius 1 is 1.17 bits per heavy atom. The predicted molar refractivity (Wildman–Crippen MR) is 89.5 cm³/mol. The lowest BCUT2D eigenvalue weighted by molar-refractivity contribution is -0.120. The number of carbonyl (C=O) groups excluding carboxylic acids is 2. The summed E-state index contributed by atoms with van der Waals surface area (Å²) in [5.41, 5.74) is 3.42. The van der Waals surface area contributed by atoms with Gasteiger partial charge >= 0.3 is 0 Å². The largest absolute Gasteiger partial charge is 0.354 e. The lowest BCUT2D eigenvalue weighted by atomic mass is 10.1. The van der Waals surface area contributed by atoms with E-state index in [1.807, 2.05) is 30.3 Å². The van der Waals surface area contributed by atoms with E-state index >= 15 is 0 Å². The standard InChI is InChI=1S/C17H21N5O2/c23-15(19-9-6-12-4-2-1-3-5-12)11-20-17(24)16-13-10-18-8-7-14(13)21-22-16/h1-5,18H,6-11H2,(H,19,23)(H,20,24)(H,21,22). The quantitative estimate of drug-likeness (QED) is 0.607. The molecule has 0 aliphatic carbocycles. The van der Waals surface area contributed by atoms with Crippen molar-refractivity contribution in [2.45, 2.75) is 19.4 Å². The number of H-pyrrole nitrogens is 1. The van der Waals surface area contributed by atoms with Gasteiger partial charge in [0.2, 0.25) is 5.91 Å². The number of aromatic nitrogens is 2. The Kier molecular flexibility index (Phi) is 5.22. The van der Waals surface area contributed by atoms with Gasteiger partial charge in [0.25, 0.3) is 5.91 Å². The molecular weight excluding hydrogens is 306 g/mol. The summed E-state index contributed by atoms with van der Waals surface area (Å²) in [5.74, 6) is -0.531. The van der Waals surface area contributed by atoms with Gasteiger partial charge in [-0.3, -0.25) is 14.7 Å². The van der Waals surface area contributed by atoms with Gasteiger partial charge in [0, 0.05) is 37.3 Å². The van der Waals surface area contributed by atoms with Crippen LogP contribution in [0.5, 0.6) is 0 Å². The molecule has 126 valence electrons. The highest BCUT2D eigenvalue weighted by molar-refractivity contribution is 5.96. The molecule has 1 aromatic carbocycles. The summed E-state index contributed by atoms with van der Waals surface area (Å²) in [7, 11) is 0. The second-order valence-corrected chi connectivity index (χ2v) is 5.72. The summed E-state index contributed by atoms with van der Waals surface area (Å²) in [4.78, 5) is 24.0. The first kappa shape index (κ1) is 16.2. The van der Waals surface area contributed by atoms with Crippen LogP contribution in [0.2, 0.25) is 0 Å². The second-order valence-electron chi connectivity index (χ2n) is 5.72. The van der Waals surface area contributed by atoms with Crippen LogP contribution in [0.25, 0.3) is 0 Å². The lowest BCUT2D eigenvalue weighted by Gasteiger charge is -2.12.